The number of benzene rings is 1. The van der Waals surface area contributed by atoms with E-state index in [1.165, 1.54) is 11.3 Å². The zero-order valence-corrected chi connectivity index (χ0v) is 15.2. The van der Waals surface area contributed by atoms with E-state index < -0.39 is 0 Å². The van der Waals surface area contributed by atoms with Crippen LogP contribution in [0.3, 0.4) is 0 Å². The molecule has 1 N–H and O–H groups in total. The molecule has 0 saturated heterocycles. The van der Waals surface area contributed by atoms with E-state index in [2.05, 4.69) is 22.4 Å². The normalized spacial score (nSPS) is 11.4. The number of nitrogens with zero attached hydrogens (tertiary/aromatic N) is 2. The lowest BCUT2D eigenvalue weighted by Crippen LogP contribution is -2.19. The summed E-state index contributed by atoms with van der Waals surface area (Å²) >= 11 is 1.48. The van der Waals surface area contributed by atoms with Gasteiger partial charge in [0.1, 0.15) is 16.4 Å². The minimum atomic E-state index is -0.173. The zero-order chi connectivity index (χ0) is 17.6. The van der Waals surface area contributed by atoms with E-state index in [1.807, 2.05) is 36.6 Å². The van der Waals surface area contributed by atoms with Crippen LogP contribution in [0.5, 0.6) is 0 Å². The van der Waals surface area contributed by atoms with E-state index in [-0.39, 0.29) is 12.3 Å². The fourth-order valence-corrected chi connectivity index (χ4v) is 3.38. The molecule has 0 aliphatic heterocycles. The monoisotopic (exact) mass is 355 g/mol. The first-order valence-electron chi connectivity index (χ1n) is 8.40. The van der Waals surface area contributed by atoms with Gasteiger partial charge in [-0.1, -0.05) is 31.5 Å². The molecule has 2 aromatic heterocycles. The van der Waals surface area contributed by atoms with Crippen molar-refractivity contribution in [3.05, 3.63) is 51.7 Å². The van der Waals surface area contributed by atoms with E-state index in [1.54, 1.807) is 6.21 Å². The number of fused-ring (bicyclic) bond motifs is 1. The van der Waals surface area contributed by atoms with Crippen LogP contribution in [-0.4, -0.2) is 17.1 Å². The molecule has 0 aliphatic rings. The number of carbonyl (C=O) groups excluding carboxylic acids is 1. The Labute approximate surface area is 150 Å². The summed E-state index contributed by atoms with van der Waals surface area (Å²) < 4.78 is 5.94. The summed E-state index contributed by atoms with van der Waals surface area (Å²) in [5.74, 6) is 0.741. The van der Waals surface area contributed by atoms with Crippen molar-refractivity contribution in [3.63, 3.8) is 0 Å². The van der Waals surface area contributed by atoms with Crippen LogP contribution in [0.2, 0.25) is 0 Å². The fraction of sp³-hybridized carbons (Fsp3) is 0.316. The maximum Gasteiger partial charge on any atom is 0.246 e. The summed E-state index contributed by atoms with van der Waals surface area (Å²) in [6.45, 7) is 4.06. The van der Waals surface area contributed by atoms with Gasteiger partial charge >= 0.3 is 0 Å². The smallest absolute Gasteiger partial charge is 0.246 e. The van der Waals surface area contributed by atoms with Crippen molar-refractivity contribution in [3.8, 4) is 0 Å². The highest BCUT2D eigenvalue weighted by Gasteiger charge is 2.12. The second kappa shape index (κ2) is 8.07. The molecule has 0 fully saturated rings. The molecular formula is C19H21N3O2S. The van der Waals surface area contributed by atoms with Crippen molar-refractivity contribution in [2.45, 2.75) is 39.5 Å². The first kappa shape index (κ1) is 17.4. The number of amides is 1. The highest BCUT2D eigenvalue weighted by Crippen LogP contribution is 2.25. The topological polar surface area (TPSA) is 67.5 Å². The molecule has 25 heavy (non-hydrogen) atoms. The van der Waals surface area contributed by atoms with E-state index in [4.69, 9.17) is 4.42 Å². The van der Waals surface area contributed by atoms with Crippen molar-refractivity contribution in [2.24, 2.45) is 5.10 Å². The molecule has 2 heterocycles. The Kier molecular flexibility index (Phi) is 5.60. The van der Waals surface area contributed by atoms with Crippen LogP contribution < -0.4 is 5.43 Å². The molecule has 130 valence electrons. The molecular weight excluding hydrogens is 334 g/mol. The summed E-state index contributed by atoms with van der Waals surface area (Å²) in [4.78, 5) is 16.3. The molecule has 0 saturated carbocycles. The van der Waals surface area contributed by atoms with Crippen molar-refractivity contribution >= 4 is 34.4 Å². The number of hydrogen-bond donors (Lipinski definition) is 1. The average molecular weight is 355 g/mol. The van der Waals surface area contributed by atoms with E-state index in [0.29, 0.717) is 0 Å². The average Bonchev–Trinajstić information content (AvgIpc) is 3.16. The van der Waals surface area contributed by atoms with Gasteiger partial charge in [0, 0.05) is 28.4 Å². The van der Waals surface area contributed by atoms with Gasteiger partial charge in [-0.05, 0) is 19.4 Å². The van der Waals surface area contributed by atoms with Gasteiger partial charge in [-0.25, -0.2) is 10.4 Å². The predicted molar refractivity (Wildman–Crippen MR) is 101 cm³/mol. The summed E-state index contributed by atoms with van der Waals surface area (Å²) in [7, 11) is 0. The van der Waals surface area contributed by atoms with E-state index in [0.717, 1.165) is 52.3 Å². The molecule has 5 nitrogen and oxygen atoms in total. The maximum absolute atomic E-state index is 12.0. The Morgan fingerprint density at radius 3 is 3.00 bits per heavy atom. The number of furan rings is 1. The van der Waals surface area contributed by atoms with Crippen LogP contribution in [0, 0.1) is 6.92 Å². The van der Waals surface area contributed by atoms with Crippen LogP contribution in [-0.2, 0) is 17.6 Å². The van der Waals surface area contributed by atoms with E-state index in [9.17, 15) is 4.79 Å². The van der Waals surface area contributed by atoms with Crippen LogP contribution in [0.4, 0.5) is 0 Å². The quantitative estimate of drug-likeness (QED) is 0.509. The van der Waals surface area contributed by atoms with Crippen molar-refractivity contribution in [1.82, 2.24) is 10.4 Å². The maximum atomic E-state index is 12.0. The third-order valence-corrected chi connectivity index (χ3v) is 4.80. The second-order valence-electron chi connectivity index (χ2n) is 5.89. The first-order chi connectivity index (χ1) is 12.2. The number of carbonyl (C=O) groups is 1. The highest BCUT2D eigenvalue weighted by molar-refractivity contribution is 7.09. The standard InChI is InChI=1S/C19H21N3O2S/c1-3-4-8-17-15(14-7-5-6-9-16(14)24-17)11-20-22-18(23)10-19-21-13(2)12-25-19/h5-7,9,11-12H,3-4,8,10H2,1-2H3,(H,22,23)/b20-11-. The van der Waals surface area contributed by atoms with Crippen LogP contribution in [0.15, 0.2) is 39.2 Å². The molecule has 1 amide bonds. The summed E-state index contributed by atoms with van der Waals surface area (Å²) in [6, 6.07) is 7.89. The van der Waals surface area contributed by atoms with Crippen LogP contribution >= 0.6 is 11.3 Å². The molecule has 0 aliphatic carbocycles. The fourth-order valence-electron chi connectivity index (χ4n) is 2.61. The number of unbranched alkanes of at least 4 members (excludes halogenated alkanes) is 1. The molecule has 0 unspecified atom stereocenters. The Morgan fingerprint density at radius 2 is 2.24 bits per heavy atom. The summed E-state index contributed by atoms with van der Waals surface area (Å²) in [5.41, 5.74) is 5.30. The number of hydrazone groups is 1. The van der Waals surface area contributed by atoms with Gasteiger partial charge in [0.05, 0.1) is 12.6 Å². The Bertz CT molecular complexity index is 895. The van der Waals surface area contributed by atoms with Gasteiger partial charge < -0.3 is 4.42 Å². The van der Waals surface area contributed by atoms with Gasteiger partial charge in [0.2, 0.25) is 5.91 Å². The molecule has 0 radical (unpaired) electrons. The Hall–Kier alpha value is -2.47. The minimum Gasteiger partial charge on any atom is -0.460 e. The van der Waals surface area contributed by atoms with Crippen LogP contribution in [0.25, 0.3) is 11.0 Å². The summed E-state index contributed by atoms with van der Waals surface area (Å²) in [6.07, 6.45) is 4.93. The van der Waals surface area contributed by atoms with Gasteiger partial charge in [0.25, 0.3) is 0 Å². The lowest BCUT2D eigenvalue weighted by atomic mass is 10.1. The lowest BCUT2D eigenvalue weighted by molar-refractivity contribution is -0.120. The van der Waals surface area contributed by atoms with Gasteiger partial charge in [-0.15, -0.1) is 11.3 Å². The lowest BCUT2D eigenvalue weighted by Gasteiger charge is -1.99. The predicted octanol–water partition coefficient (Wildman–Crippen LogP) is 4.23. The number of thiazole rings is 1. The largest absolute Gasteiger partial charge is 0.460 e. The third-order valence-electron chi connectivity index (χ3n) is 3.83. The number of aryl methyl sites for hydroxylation is 2. The Balaban J connectivity index is 1.72. The number of rotatable bonds is 7. The van der Waals surface area contributed by atoms with Gasteiger partial charge in [-0.3, -0.25) is 4.79 Å². The SMILES string of the molecule is CCCCc1oc2ccccc2c1/C=N\NC(=O)Cc1nc(C)cs1. The van der Waals surface area contributed by atoms with Crippen molar-refractivity contribution < 1.29 is 9.21 Å². The third kappa shape index (κ3) is 4.33. The number of para-hydroxylation sites is 1. The molecule has 3 aromatic rings. The molecule has 6 heteroatoms. The first-order valence-corrected chi connectivity index (χ1v) is 9.28. The molecule has 0 bridgehead atoms. The molecule has 3 rings (SSSR count). The highest BCUT2D eigenvalue weighted by atomic mass is 32.1. The van der Waals surface area contributed by atoms with Crippen molar-refractivity contribution in [1.29, 1.82) is 0 Å². The van der Waals surface area contributed by atoms with Crippen molar-refractivity contribution in [2.75, 3.05) is 0 Å². The minimum absolute atomic E-state index is 0.173. The summed E-state index contributed by atoms with van der Waals surface area (Å²) in [5, 5.41) is 7.87. The molecule has 0 atom stereocenters. The second-order valence-corrected chi connectivity index (χ2v) is 6.83. The molecule has 1 aromatic carbocycles. The number of nitrogens with one attached hydrogen (secondary N) is 1. The zero-order valence-electron chi connectivity index (χ0n) is 14.4. The Morgan fingerprint density at radius 1 is 1.40 bits per heavy atom. The van der Waals surface area contributed by atoms with Gasteiger partial charge in [-0.2, -0.15) is 5.10 Å². The molecule has 0 spiro atoms. The van der Waals surface area contributed by atoms with E-state index >= 15 is 0 Å². The number of aromatic nitrogens is 1. The number of hydrogen-bond acceptors (Lipinski definition) is 5. The van der Waals surface area contributed by atoms with Crippen LogP contribution in [0.1, 0.15) is 41.8 Å². The van der Waals surface area contributed by atoms with Gasteiger partial charge in [0.15, 0.2) is 0 Å².